The molecule has 0 radical (unpaired) electrons. The fraction of sp³-hybridized carbons (Fsp3) is 0.0556. The fourth-order valence-electron chi connectivity index (χ4n) is 4.16. The highest BCUT2D eigenvalue weighted by molar-refractivity contribution is 5.80. The van der Waals surface area contributed by atoms with Gasteiger partial charge in [-0.3, -0.25) is 0 Å². The van der Waals surface area contributed by atoms with Crippen molar-refractivity contribution in [2.45, 2.75) is 13.8 Å². The van der Waals surface area contributed by atoms with Crippen LogP contribution in [0.2, 0.25) is 0 Å². The minimum absolute atomic E-state index is 0.750. The second-order valence-electron chi connectivity index (χ2n) is 9.43. The molecule has 0 fully saturated rings. The maximum absolute atomic E-state index is 6.04. The van der Waals surface area contributed by atoms with Crippen molar-refractivity contribution in [2.75, 3.05) is 0 Å². The Hall–Kier alpha value is -4.82. The van der Waals surface area contributed by atoms with Crippen molar-refractivity contribution >= 4 is 11.1 Å². The number of benzene rings is 5. The van der Waals surface area contributed by atoms with E-state index < -0.39 is 0 Å². The summed E-state index contributed by atoms with van der Waals surface area (Å²) in [5.74, 6) is 3.09. The van der Waals surface area contributed by atoms with Crippen molar-refractivity contribution in [1.29, 1.82) is 0 Å². The van der Waals surface area contributed by atoms with Gasteiger partial charge in [0.05, 0.1) is 0 Å². The first-order valence-corrected chi connectivity index (χ1v) is 12.6. The van der Waals surface area contributed by atoms with Crippen LogP contribution in [0, 0.1) is 6.92 Å². The molecule has 0 aliphatic rings. The van der Waals surface area contributed by atoms with E-state index >= 15 is 0 Å². The Morgan fingerprint density at radius 1 is 0.447 bits per heavy atom. The second-order valence-corrected chi connectivity index (χ2v) is 9.43. The fourth-order valence-corrected chi connectivity index (χ4v) is 4.16. The number of rotatable bonds is 8. The zero-order valence-corrected chi connectivity index (χ0v) is 21.8. The Labute approximate surface area is 225 Å². The zero-order valence-electron chi connectivity index (χ0n) is 21.8. The van der Waals surface area contributed by atoms with E-state index in [1.807, 2.05) is 79.7 Å². The molecular formula is C36H30O2. The standard InChI is InChI=1S/C36H30O2/c1-25(2)28-7-11-31(12-8-28)32-13-9-29(10-14-32)27(4)30-15-19-34(20-16-30)38-36-23-21-35(22-24-36)37-33-17-5-26(3)6-18-33/h5-24H,1,4H2,2-3H3. The molecule has 0 aliphatic heterocycles. The van der Waals surface area contributed by atoms with Gasteiger partial charge in [-0.2, -0.15) is 0 Å². The lowest BCUT2D eigenvalue weighted by Crippen LogP contribution is -1.89. The van der Waals surface area contributed by atoms with Crippen molar-refractivity contribution in [3.05, 3.63) is 157 Å². The number of hydrogen-bond donors (Lipinski definition) is 0. The molecule has 38 heavy (non-hydrogen) atoms. The Morgan fingerprint density at radius 2 is 0.763 bits per heavy atom. The van der Waals surface area contributed by atoms with Gasteiger partial charge < -0.3 is 9.47 Å². The van der Waals surface area contributed by atoms with E-state index in [2.05, 4.69) is 68.6 Å². The Bertz CT molecular complexity index is 1540. The van der Waals surface area contributed by atoms with E-state index in [0.717, 1.165) is 50.8 Å². The SMILES string of the molecule is C=C(C)c1ccc(-c2ccc(C(=C)c3ccc(Oc4ccc(Oc5ccc(C)cc5)cc4)cc3)cc2)cc1. The summed E-state index contributed by atoms with van der Waals surface area (Å²) in [6.45, 7) is 12.4. The molecule has 2 heteroatoms. The Morgan fingerprint density at radius 3 is 1.16 bits per heavy atom. The molecule has 0 heterocycles. The first-order chi connectivity index (χ1) is 18.4. The largest absolute Gasteiger partial charge is 0.457 e. The van der Waals surface area contributed by atoms with Crippen LogP contribution in [-0.4, -0.2) is 0 Å². The molecule has 2 nitrogen and oxygen atoms in total. The molecule has 186 valence electrons. The molecule has 0 amide bonds. The summed E-state index contributed by atoms with van der Waals surface area (Å²) in [4.78, 5) is 0. The molecule has 0 aliphatic carbocycles. The molecule has 0 saturated carbocycles. The normalized spacial score (nSPS) is 10.6. The zero-order chi connectivity index (χ0) is 26.5. The summed E-state index contributed by atoms with van der Waals surface area (Å²) in [5.41, 5.74) is 8.91. The predicted octanol–water partition coefficient (Wildman–Crippen LogP) is 10.3. The van der Waals surface area contributed by atoms with Crippen molar-refractivity contribution in [3.63, 3.8) is 0 Å². The maximum atomic E-state index is 6.04. The monoisotopic (exact) mass is 494 g/mol. The van der Waals surface area contributed by atoms with Crippen LogP contribution >= 0.6 is 0 Å². The molecule has 5 aromatic rings. The highest BCUT2D eigenvalue weighted by Crippen LogP contribution is 2.30. The summed E-state index contributed by atoms with van der Waals surface area (Å²) < 4.78 is 11.9. The average Bonchev–Trinajstić information content (AvgIpc) is 2.95. The molecule has 0 atom stereocenters. The van der Waals surface area contributed by atoms with E-state index in [1.54, 1.807) is 0 Å². The number of ether oxygens (including phenoxy) is 2. The lowest BCUT2D eigenvalue weighted by molar-refractivity contribution is 0.469. The van der Waals surface area contributed by atoms with Crippen molar-refractivity contribution in [1.82, 2.24) is 0 Å². The summed E-state index contributed by atoms with van der Waals surface area (Å²) >= 11 is 0. The number of hydrogen-bond acceptors (Lipinski definition) is 2. The smallest absolute Gasteiger partial charge is 0.127 e. The Balaban J connectivity index is 1.21. The molecule has 5 rings (SSSR count). The van der Waals surface area contributed by atoms with Crippen LogP contribution in [0.15, 0.2) is 134 Å². The third kappa shape index (κ3) is 5.93. The van der Waals surface area contributed by atoms with Crippen LogP contribution in [0.5, 0.6) is 23.0 Å². The van der Waals surface area contributed by atoms with Gasteiger partial charge in [0, 0.05) is 0 Å². The quantitative estimate of drug-likeness (QED) is 0.214. The van der Waals surface area contributed by atoms with Crippen molar-refractivity contribution in [3.8, 4) is 34.1 Å². The third-order valence-corrected chi connectivity index (χ3v) is 6.46. The van der Waals surface area contributed by atoms with Crippen LogP contribution in [0.3, 0.4) is 0 Å². The van der Waals surface area contributed by atoms with Gasteiger partial charge in [0.25, 0.3) is 0 Å². The van der Waals surface area contributed by atoms with Gasteiger partial charge in [-0.05, 0) is 95.8 Å². The highest BCUT2D eigenvalue weighted by atomic mass is 16.5. The highest BCUT2D eigenvalue weighted by Gasteiger charge is 2.06. The van der Waals surface area contributed by atoms with Gasteiger partial charge >= 0.3 is 0 Å². The van der Waals surface area contributed by atoms with Gasteiger partial charge in [0.15, 0.2) is 0 Å². The molecule has 0 N–H and O–H groups in total. The molecule has 0 bridgehead atoms. The van der Waals surface area contributed by atoms with Crippen LogP contribution in [0.4, 0.5) is 0 Å². The molecule has 0 saturated heterocycles. The molecule has 0 spiro atoms. The van der Waals surface area contributed by atoms with Gasteiger partial charge in [0.2, 0.25) is 0 Å². The number of allylic oxidation sites excluding steroid dienone is 1. The van der Waals surface area contributed by atoms with E-state index in [-0.39, 0.29) is 0 Å². The van der Waals surface area contributed by atoms with E-state index in [0.29, 0.717) is 0 Å². The van der Waals surface area contributed by atoms with Crippen molar-refractivity contribution < 1.29 is 9.47 Å². The van der Waals surface area contributed by atoms with Gasteiger partial charge in [0.1, 0.15) is 23.0 Å². The van der Waals surface area contributed by atoms with Crippen LogP contribution < -0.4 is 9.47 Å². The van der Waals surface area contributed by atoms with Crippen LogP contribution in [0.1, 0.15) is 29.2 Å². The lowest BCUT2D eigenvalue weighted by atomic mass is 9.96. The molecular weight excluding hydrogens is 464 g/mol. The predicted molar refractivity (Wildman–Crippen MR) is 159 cm³/mol. The topological polar surface area (TPSA) is 18.5 Å². The van der Waals surface area contributed by atoms with Gasteiger partial charge in [-0.25, -0.2) is 0 Å². The molecule has 5 aromatic carbocycles. The Kier molecular flexibility index (Phi) is 7.24. The molecule has 0 aromatic heterocycles. The van der Waals surface area contributed by atoms with Gasteiger partial charge in [-0.1, -0.05) is 97.1 Å². The van der Waals surface area contributed by atoms with Gasteiger partial charge in [-0.15, -0.1) is 0 Å². The van der Waals surface area contributed by atoms with Crippen LogP contribution in [0.25, 0.3) is 22.3 Å². The van der Waals surface area contributed by atoms with Crippen molar-refractivity contribution in [2.24, 2.45) is 0 Å². The van der Waals surface area contributed by atoms with E-state index in [9.17, 15) is 0 Å². The summed E-state index contributed by atoms with van der Waals surface area (Å²) in [6, 6.07) is 40.6. The van der Waals surface area contributed by atoms with E-state index in [1.165, 1.54) is 16.7 Å². The maximum Gasteiger partial charge on any atom is 0.127 e. The second kappa shape index (κ2) is 11.1. The average molecular weight is 495 g/mol. The van der Waals surface area contributed by atoms with E-state index in [4.69, 9.17) is 9.47 Å². The lowest BCUT2D eigenvalue weighted by Gasteiger charge is -2.11. The minimum atomic E-state index is 0.750. The first kappa shape index (κ1) is 24.9. The molecule has 0 unspecified atom stereocenters. The number of aryl methyl sites for hydroxylation is 1. The summed E-state index contributed by atoms with van der Waals surface area (Å²) in [7, 11) is 0. The first-order valence-electron chi connectivity index (χ1n) is 12.6. The minimum Gasteiger partial charge on any atom is -0.457 e. The summed E-state index contributed by atoms with van der Waals surface area (Å²) in [6.07, 6.45) is 0. The summed E-state index contributed by atoms with van der Waals surface area (Å²) in [5, 5.41) is 0. The third-order valence-electron chi connectivity index (χ3n) is 6.46. The van der Waals surface area contributed by atoms with Crippen LogP contribution in [-0.2, 0) is 0 Å².